The minimum absolute atomic E-state index is 0.00402. The van der Waals surface area contributed by atoms with E-state index >= 15 is 0 Å². The van der Waals surface area contributed by atoms with Crippen molar-refractivity contribution in [2.24, 2.45) is 0 Å². The van der Waals surface area contributed by atoms with Crippen LogP contribution in [0.4, 0.5) is 18.9 Å². The summed E-state index contributed by atoms with van der Waals surface area (Å²) in [6, 6.07) is 10.5. The fourth-order valence-corrected chi connectivity index (χ4v) is 4.90. The molecule has 1 aliphatic heterocycles. The van der Waals surface area contributed by atoms with Crippen molar-refractivity contribution in [3.8, 4) is 22.8 Å². The highest BCUT2D eigenvalue weighted by Crippen LogP contribution is 2.38. The zero-order chi connectivity index (χ0) is 28.0. The van der Waals surface area contributed by atoms with Crippen molar-refractivity contribution in [1.29, 1.82) is 0 Å². The lowest BCUT2D eigenvalue weighted by Gasteiger charge is -2.31. The predicted octanol–water partition coefficient (Wildman–Crippen LogP) is 3.12. The molecule has 1 aliphatic rings. The number of rotatable bonds is 4. The molecule has 10 nitrogen and oxygen atoms in total. The zero-order valence-corrected chi connectivity index (χ0v) is 21.1. The van der Waals surface area contributed by atoms with E-state index in [1.807, 2.05) is 0 Å². The number of aromatic amines is 1. The van der Waals surface area contributed by atoms with Gasteiger partial charge in [0.05, 0.1) is 40.5 Å². The number of H-pyrrole nitrogens is 1. The van der Waals surface area contributed by atoms with Crippen LogP contribution in [0.3, 0.4) is 0 Å². The van der Waals surface area contributed by atoms with Crippen LogP contribution in [0.2, 0.25) is 0 Å². The third kappa shape index (κ3) is 4.43. The van der Waals surface area contributed by atoms with E-state index < -0.39 is 23.0 Å². The molecule has 40 heavy (non-hydrogen) atoms. The van der Waals surface area contributed by atoms with Crippen LogP contribution >= 0.6 is 0 Å². The summed E-state index contributed by atoms with van der Waals surface area (Å²) in [6.07, 6.45) is -1.85. The van der Waals surface area contributed by atoms with Gasteiger partial charge >= 0.3 is 11.9 Å². The van der Waals surface area contributed by atoms with E-state index in [0.717, 1.165) is 10.6 Å². The number of fused-ring (bicyclic) bond motifs is 3. The summed E-state index contributed by atoms with van der Waals surface area (Å²) < 4.78 is 49.0. The van der Waals surface area contributed by atoms with E-state index in [2.05, 4.69) is 25.3 Å². The first kappa shape index (κ1) is 25.5. The molecule has 13 heteroatoms. The molecule has 204 valence electrons. The molecule has 1 aromatic carbocycles. The van der Waals surface area contributed by atoms with Crippen LogP contribution in [0.1, 0.15) is 5.56 Å². The van der Waals surface area contributed by atoms with Crippen LogP contribution in [0.5, 0.6) is 5.88 Å². The van der Waals surface area contributed by atoms with Gasteiger partial charge in [0.1, 0.15) is 5.52 Å². The lowest BCUT2D eigenvalue weighted by atomic mass is 10.1. The minimum Gasteiger partial charge on any atom is -0.481 e. The van der Waals surface area contributed by atoms with Crippen molar-refractivity contribution >= 4 is 27.6 Å². The molecule has 0 spiro atoms. The topological polar surface area (TPSA) is 118 Å². The van der Waals surface area contributed by atoms with Crippen molar-refractivity contribution in [3.63, 3.8) is 0 Å². The average Bonchev–Trinajstić information content (AvgIpc) is 2.96. The molecular formula is C27H22F3N7O3. The van der Waals surface area contributed by atoms with Crippen molar-refractivity contribution < 1.29 is 17.9 Å². The quantitative estimate of drug-likeness (QED) is 0.329. The zero-order valence-electron chi connectivity index (χ0n) is 21.1. The Hall–Kier alpha value is -4.78. The third-order valence-electron chi connectivity index (χ3n) is 6.82. The number of ether oxygens (including phenoxy) is 1. The van der Waals surface area contributed by atoms with Crippen molar-refractivity contribution in [3.05, 3.63) is 81.3 Å². The summed E-state index contributed by atoms with van der Waals surface area (Å²) in [5.74, 6) is 0.404. The summed E-state index contributed by atoms with van der Waals surface area (Å²) in [7, 11) is 1.49. The Bertz CT molecular complexity index is 1860. The molecule has 2 N–H and O–H groups in total. The molecule has 5 heterocycles. The number of pyridine rings is 3. The first-order valence-electron chi connectivity index (χ1n) is 12.4. The summed E-state index contributed by atoms with van der Waals surface area (Å²) in [5, 5.41) is 3.13. The van der Waals surface area contributed by atoms with Crippen LogP contribution in [0.15, 0.2) is 64.4 Å². The Morgan fingerprint density at radius 2 is 1.77 bits per heavy atom. The number of piperazine rings is 1. The molecule has 0 saturated carbocycles. The number of hydrogen-bond acceptors (Lipinski definition) is 8. The van der Waals surface area contributed by atoms with Gasteiger partial charge in [-0.3, -0.25) is 19.3 Å². The Balaban J connectivity index is 1.61. The highest BCUT2D eigenvalue weighted by atomic mass is 19.4. The van der Waals surface area contributed by atoms with Gasteiger partial charge in [-0.15, -0.1) is 0 Å². The number of aromatic nitrogens is 5. The summed E-state index contributed by atoms with van der Waals surface area (Å²) in [6.45, 7) is 1.93. The van der Waals surface area contributed by atoms with E-state index in [0.29, 0.717) is 48.8 Å². The second kappa shape index (κ2) is 9.75. The molecule has 5 aromatic rings. The van der Waals surface area contributed by atoms with Crippen LogP contribution < -0.4 is 26.2 Å². The molecule has 0 unspecified atom stereocenters. The second-order valence-corrected chi connectivity index (χ2v) is 9.20. The number of nitrogens with one attached hydrogen (secondary N) is 2. The van der Waals surface area contributed by atoms with Crippen molar-refractivity contribution in [2.45, 2.75) is 6.18 Å². The van der Waals surface area contributed by atoms with Crippen molar-refractivity contribution in [1.82, 2.24) is 29.8 Å². The van der Waals surface area contributed by atoms with Crippen LogP contribution in [0, 0.1) is 0 Å². The lowest BCUT2D eigenvalue weighted by Crippen LogP contribution is -2.44. The standard InChI is InChI=1S/C27H22F3N7O3/c1-40-22-7-2-15(13-33-22)19-4-5-20-23(34-19)24-17(14-32-20)25(38)35-26(39)37(24)16-3-6-21(18(12-16)27(28,29)30)36-10-8-31-9-11-36/h2-7,12-14,31H,8-11H2,1H3,(H,35,38,39). The van der Waals surface area contributed by atoms with E-state index in [4.69, 9.17) is 4.74 Å². The highest BCUT2D eigenvalue weighted by molar-refractivity contribution is 6.01. The first-order valence-corrected chi connectivity index (χ1v) is 12.4. The SMILES string of the molecule is COc1ccc(-c2ccc3ncc4c(=O)[nH]c(=O)n(-c5ccc(N6CCNCC6)c(C(F)(F)F)c5)c4c3n2)cn1. The monoisotopic (exact) mass is 549 g/mol. The van der Waals surface area contributed by atoms with E-state index in [-0.39, 0.29) is 27.8 Å². The minimum atomic E-state index is -4.69. The number of halogens is 3. The fourth-order valence-electron chi connectivity index (χ4n) is 4.90. The first-order chi connectivity index (χ1) is 19.2. The molecule has 0 radical (unpaired) electrons. The maximum Gasteiger partial charge on any atom is 0.418 e. The predicted molar refractivity (Wildman–Crippen MR) is 143 cm³/mol. The van der Waals surface area contributed by atoms with Gasteiger partial charge in [-0.2, -0.15) is 13.2 Å². The molecule has 0 atom stereocenters. The van der Waals surface area contributed by atoms with Gasteiger partial charge in [-0.05, 0) is 36.4 Å². The summed E-state index contributed by atoms with van der Waals surface area (Å²) >= 11 is 0. The second-order valence-electron chi connectivity index (χ2n) is 9.20. The normalized spacial score (nSPS) is 14.2. The molecule has 0 amide bonds. The van der Waals surface area contributed by atoms with Gasteiger partial charge in [-0.1, -0.05) is 0 Å². The fraction of sp³-hybridized carbons (Fsp3) is 0.222. The molecular weight excluding hydrogens is 527 g/mol. The average molecular weight is 550 g/mol. The number of anilines is 1. The number of alkyl halides is 3. The lowest BCUT2D eigenvalue weighted by molar-refractivity contribution is -0.137. The number of benzene rings is 1. The molecule has 4 aromatic heterocycles. The molecule has 6 rings (SSSR count). The van der Waals surface area contributed by atoms with Crippen molar-refractivity contribution in [2.75, 3.05) is 38.2 Å². The molecule has 1 fully saturated rings. The van der Waals surface area contributed by atoms with E-state index in [1.54, 1.807) is 35.4 Å². The van der Waals surface area contributed by atoms with Gasteiger partial charge in [0, 0.05) is 55.9 Å². The summed E-state index contributed by atoms with van der Waals surface area (Å²) in [5.41, 5.74) is -0.886. The largest absolute Gasteiger partial charge is 0.481 e. The highest BCUT2D eigenvalue weighted by Gasteiger charge is 2.36. The van der Waals surface area contributed by atoms with Gasteiger partial charge in [-0.25, -0.2) is 14.8 Å². The molecule has 1 saturated heterocycles. The van der Waals surface area contributed by atoms with Crippen LogP contribution in [0.25, 0.3) is 38.9 Å². The Kier molecular flexibility index (Phi) is 6.22. The smallest absolute Gasteiger partial charge is 0.418 e. The Labute approximate surface area is 224 Å². The third-order valence-corrected chi connectivity index (χ3v) is 6.82. The van der Waals surface area contributed by atoms with E-state index in [1.165, 1.54) is 25.4 Å². The molecule has 0 aliphatic carbocycles. The van der Waals surface area contributed by atoms with Gasteiger partial charge in [0.2, 0.25) is 5.88 Å². The number of nitrogens with zero attached hydrogens (tertiary/aromatic N) is 5. The van der Waals surface area contributed by atoms with Gasteiger partial charge < -0.3 is 15.0 Å². The number of methoxy groups -OCH3 is 1. The Morgan fingerprint density at radius 1 is 0.975 bits per heavy atom. The Morgan fingerprint density at radius 3 is 2.48 bits per heavy atom. The van der Waals surface area contributed by atoms with E-state index in [9.17, 15) is 22.8 Å². The van der Waals surface area contributed by atoms with Gasteiger partial charge in [0.15, 0.2) is 0 Å². The van der Waals surface area contributed by atoms with Crippen LogP contribution in [-0.2, 0) is 6.18 Å². The van der Waals surface area contributed by atoms with Gasteiger partial charge in [0.25, 0.3) is 5.56 Å². The van der Waals surface area contributed by atoms with Crippen LogP contribution in [-0.4, -0.2) is 57.8 Å². The maximum atomic E-state index is 14.3. The number of hydrogen-bond donors (Lipinski definition) is 2. The maximum absolute atomic E-state index is 14.3. The molecule has 0 bridgehead atoms. The summed E-state index contributed by atoms with van der Waals surface area (Å²) in [4.78, 5) is 43.0.